The van der Waals surface area contributed by atoms with Crippen LogP contribution in [0.2, 0.25) is 0 Å². The number of alkyl halides is 25. The molecule has 66 heavy (non-hydrogen) atoms. The zero-order valence-electron chi connectivity index (χ0n) is 31.3. The van der Waals surface area contributed by atoms with E-state index < -0.39 is 202 Å². The van der Waals surface area contributed by atoms with Crippen molar-refractivity contribution in [3.05, 3.63) is 142 Å². The fraction of sp³-hybridized carbons (Fsp3) is 0.243. The Kier molecular flexibility index (Phi) is 14.1. The summed E-state index contributed by atoms with van der Waals surface area (Å²) in [6.07, 6.45) is -48.8. The molecule has 0 unspecified atom stereocenters. The van der Waals surface area contributed by atoms with Gasteiger partial charge in [0.15, 0.2) is 0 Å². The molecule has 0 fully saturated rings. The molecule has 0 N–H and O–H groups in total. The van der Waals surface area contributed by atoms with Crippen LogP contribution in [0, 0.1) is 0 Å². The van der Waals surface area contributed by atoms with Crippen LogP contribution in [0.4, 0.5) is 110 Å². The standard InChI is InChI=1S/C32H12BF24.C5H6FN2O/c34-25(35,36)13-1-14(26(37,38)39)6-21(5-13)33(22-7-15(27(40,41)42)2-16(8-22)28(43,44)45,23-9-17(29(46,47)48)3-18(10-23)30(49,50)51)24-11-19(31(52,53)54)4-20(12-24)32(55,56)57;6-5-9-8-3-1-7-2-4-8/h1-12H;1-4H,5H2/q-1;+1. The van der Waals surface area contributed by atoms with E-state index >= 15 is 0 Å². The molecule has 0 saturated carbocycles. The smallest absolute Gasteiger partial charge is 0.252 e. The molecule has 0 bridgehead atoms. The van der Waals surface area contributed by atoms with Crippen molar-refractivity contribution in [1.29, 1.82) is 0 Å². The minimum Gasteiger partial charge on any atom is -0.252 e. The number of aromatic nitrogens is 2. The van der Waals surface area contributed by atoms with Crippen molar-refractivity contribution in [3.63, 3.8) is 0 Å². The number of nitrogens with zero attached hydrogens (tertiary/aromatic N) is 2. The Hall–Kier alpha value is -5.93. The molecule has 29 heteroatoms. The van der Waals surface area contributed by atoms with Gasteiger partial charge in [-0.05, 0) is 24.3 Å². The van der Waals surface area contributed by atoms with Gasteiger partial charge in [-0.1, -0.05) is 48.5 Å². The Morgan fingerprint density at radius 2 is 0.515 bits per heavy atom. The van der Waals surface area contributed by atoms with Crippen LogP contribution < -0.4 is 31.4 Å². The van der Waals surface area contributed by atoms with Gasteiger partial charge in [0, 0.05) is 4.73 Å². The van der Waals surface area contributed by atoms with Crippen molar-refractivity contribution >= 4 is 28.0 Å². The van der Waals surface area contributed by atoms with Crippen LogP contribution in [0.15, 0.2) is 97.6 Å². The predicted octanol–water partition coefficient (Wildman–Crippen LogP) is 10.9. The number of halogens is 25. The lowest BCUT2D eigenvalue weighted by molar-refractivity contribution is -0.895. The molecular formula is C37H18BF25N2O. The van der Waals surface area contributed by atoms with Crippen molar-refractivity contribution < 1.29 is 119 Å². The van der Waals surface area contributed by atoms with E-state index in [0.29, 0.717) is 0 Å². The van der Waals surface area contributed by atoms with Crippen molar-refractivity contribution in [1.82, 2.24) is 4.98 Å². The fourth-order valence-electron chi connectivity index (χ4n) is 6.52. The van der Waals surface area contributed by atoms with E-state index in [4.69, 9.17) is 0 Å². The van der Waals surface area contributed by atoms with E-state index in [1.807, 2.05) is 0 Å². The summed E-state index contributed by atoms with van der Waals surface area (Å²) in [5, 5.41) is 0. The highest BCUT2D eigenvalue weighted by Gasteiger charge is 2.47. The molecule has 0 aliphatic carbocycles. The van der Waals surface area contributed by atoms with Gasteiger partial charge in [0.25, 0.3) is 6.86 Å². The summed E-state index contributed by atoms with van der Waals surface area (Å²) in [6.45, 7) is -0.825. The predicted molar refractivity (Wildman–Crippen MR) is 177 cm³/mol. The van der Waals surface area contributed by atoms with Gasteiger partial charge in [-0.25, -0.2) is 4.84 Å². The molecular weight excluding hydrogens is 974 g/mol. The molecule has 0 amide bonds. The van der Waals surface area contributed by atoms with Crippen LogP contribution in [-0.2, 0) is 49.4 Å². The van der Waals surface area contributed by atoms with E-state index in [0.717, 1.165) is 0 Å². The summed E-state index contributed by atoms with van der Waals surface area (Å²) < 4.78 is 353. The van der Waals surface area contributed by atoms with Crippen LogP contribution in [0.3, 0.4) is 0 Å². The molecule has 0 saturated heterocycles. The zero-order chi connectivity index (χ0) is 50.4. The van der Waals surface area contributed by atoms with Crippen molar-refractivity contribution in [2.24, 2.45) is 0 Å². The average Bonchev–Trinajstić information content (AvgIpc) is 3.16. The van der Waals surface area contributed by atoms with Gasteiger partial charge >= 0.3 is 49.4 Å². The molecule has 1 heterocycles. The van der Waals surface area contributed by atoms with Crippen LogP contribution in [0.1, 0.15) is 44.5 Å². The van der Waals surface area contributed by atoms with Crippen LogP contribution in [-0.4, -0.2) is 18.0 Å². The molecule has 0 aliphatic rings. The molecule has 1 aromatic heterocycles. The minimum absolute atomic E-state index is 0.691. The highest BCUT2D eigenvalue weighted by molar-refractivity contribution is 7.20. The highest BCUT2D eigenvalue weighted by atomic mass is 19.4. The van der Waals surface area contributed by atoms with Gasteiger partial charge in [0.1, 0.15) is 6.15 Å². The summed E-state index contributed by atoms with van der Waals surface area (Å²) in [5.41, 5.74) is -30.2. The molecule has 3 nitrogen and oxygen atoms in total. The van der Waals surface area contributed by atoms with Crippen LogP contribution >= 0.6 is 0 Å². The Balaban J connectivity index is 0.000000942. The SMILES string of the molecule is FC(F)(F)c1cc([B-](c2cc(C(F)(F)F)cc(C(F)(F)F)c2)(c2cc(C(F)(F)F)cc(C(F)(F)F)c2)c2cc(C(F)(F)F)cc(C(F)(F)F)c2)cc(C(F)(F)F)c1.FCO[n+]1ccncc1. The molecule has 4 aromatic carbocycles. The van der Waals surface area contributed by atoms with Gasteiger partial charge in [-0.3, -0.25) is 4.98 Å². The third-order valence-corrected chi connectivity index (χ3v) is 9.24. The average molecular weight is 992 g/mol. The van der Waals surface area contributed by atoms with Crippen molar-refractivity contribution in [2.45, 2.75) is 49.4 Å². The summed E-state index contributed by atoms with van der Waals surface area (Å²) in [7, 11) is 0. The third kappa shape index (κ3) is 12.1. The fourth-order valence-corrected chi connectivity index (χ4v) is 6.52. The van der Waals surface area contributed by atoms with E-state index in [1.165, 1.54) is 29.5 Å². The Morgan fingerprint density at radius 1 is 0.333 bits per heavy atom. The van der Waals surface area contributed by atoms with E-state index in [2.05, 4.69) is 9.82 Å². The Morgan fingerprint density at radius 3 is 0.667 bits per heavy atom. The summed E-state index contributed by atoms with van der Waals surface area (Å²) >= 11 is 0. The summed E-state index contributed by atoms with van der Waals surface area (Å²) in [4.78, 5) is 8.12. The summed E-state index contributed by atoms with van der Waals surface area (Å²) in [5.74, 6) is 0. The van der Waals surface area contributed by atoms with Crippen molar-refractivity contribution in [3.8, 4) is 0 Å². The van der Waals surface area contributed by atoms with Crippen LogP contribution in [0.25, 0.3) is 0 Å². The van der Waals surface area contributed by atoms with Crippen molar-refractivity contribution in [2.75, 3.05) is 6.86 Å². The summed E-state index contributed by atoms with van der Waals surface area (Å²) in [6, 6.07) is -8.81. The first-order valence-corrected chi connectivity index (χ1v) is 17.1. The van der Waals surface area contributed by atoms with Gasteiger partial charge in [-0.2, -0.15) is 132 Å². The lowest BCUT2D eigenvalue weighted by atomic mass is 9.12. The Bertz CT molecular complexity index is 2060. The molecule has 0 radical (unpaired) electrons. The maximum Gasteiger partial charge on any atom is 0.416 e. The van der Waals surface area contributed by atoms with E-state index in [-0.39, 0.29) is 0 Å². The second-order valence-electron chi connectivity index (χ2n) is 13.6. The second kappa shape index (κ2) is 17.7. The van der Waals surface area contributed by atoms with E-state index in [9.17, 15) is 110 Å². The lowest BCUT2D eigenvalue weighted by Gasteiger charge is -2.46. The topological polar surface area (TPSA) is 26.0 Å². The first kappa shape index (κ1) is 52.7. The normalized spacial score (nSPS) is 13.6. The molecule has 0 atom stereocenters. The second-order valence-corrected chi connectivity index (χ2v) is 13.6. The zero-order valence-corrected chi connectivity index (χ0v) is 31.3. The first-order chi connectivity index (χ1) is 29.7. The molecule has 5 aromatic rings. The first-order valence-electron chi connectivity index (χ1n) is 17.1. The largest absolute Gasteiger partial charge is 0.416 e. The molecule has 0 spiro atoms. The van der Waals surface area contributed by atoms with Gasteiger partial charge in [0.05, 0.1) is 56.9 Å². The third-order valence-electron chi connectivity index (χ3n) is 9.24. The number of hydrogen-bond donors (Lipinski definition) is 0. The monoisotopic (exact) mass is 992 g/mol. The molecule has 0 aliphatic heterocycles. The Labute approximate surface area is 350 Å². The van der Waals surface area contributed by atoms with Crippen LogP contribution in [0.5, 0.6) is 0 Å². The number of benzene rings is 4. The van der Waals surface area contributed by atoms with Gasteiger partial charge < -0.3 is 0 Å². The minimum atomic E-state index is -6.13. The molecule has 5 rings (SSSR count). The van der Waals surface area contributed by atoms with Gasteiger partial charge in [0.2, 0.25) is 12.4 Å². The maximum atomic E-state index is 14.2. The quantitative estimate of drug-likeness (QED) is 0.0963. The lowest BCUT2D eigenvalue weighted by Crippen LogP contribution is -2.75. The highest BCUT2D eigenvalue weighted by Crippen LogP contribution is 2.41. The number of hydrogen-bond acceptors (Lipinski definition) is 2. The number of rotatable bonds is 6. The van der Waals surface area contributed by atoms with E-state index in [1.54, 1.807) is 0 Å². The van der Waals surface area contributed by atoms with Gasteiger partial charge in [-0.15, -0.1) is 0 Å². The molecule has 360 valence electrons. The maximum absolute atomic E-state index is 14.2.